The summed E-state index contributed by atoms with van der Waals surface area (Å²) in [6.07, 6.45) is 5.61. The third kappa shape index (κ3) is 2.60. The van der Waals surface area contributed by atoms with Crippen molar-refractivity contribution < 1.29 is 9.90 Å². The van der Waals surface area contributed by atoms with Gasteiger partial charge in [-0.25, -0.2) is 4.79 Å². The lowest BCUT2D eigenvalue weighted by Gasteiger charge is -2.35. The van der Waals surface area contributed by atoms with Gasteiger partial charge in [-0.15, -0.1) is 11.8 Å². The SMILES string of the molecule is O=C(O)C1CC(Sc2ccccc2)N2C=CN=CC2=N1. The quantitative estimate of drug-likeness (QED) is 0.925. The van der Waals surface area contributed by atoms with Crippen molar-refractivity contribution in [2.75, 3.05) is 0 Å². The van der Waals surface area contributed by atoms with Crippen LogP contribution in [0.15, 0.2) is 57.6 Å². The molecule has 1 aromatic carbocycles. The topological polar surface area (TPSA) is 65.3 Å². The van der Waals surface area contributed by atoms with E-state index in [2.05, 4.69) is 9.98 Å². The summed E-state index contributed by atoms with van der Waals surface area (Å²) in [7, 11) is 0. The molecule has 102 valence electrons. The lowest BCUT2D eigenvalue weighted by Crippen LogP contribution is -2.44. The van der Waals surface area contributed by atoms with Crippen LogP contribution in [-0.4, -0.2) is 39.4 Å². The van der Waals surface area contributed by atoms with Gasteiger partial charge in [-0.05, 0) is 12.1 Å². The number of benzene rings is 1. The molecule has 20 heavy (non-hydrogen) atoms. The average Bonchev–Trinajstić information content (AvgIpc) is 2.48. The monoisotopic (exact) mass is 287 g/mol. The zero-order chi connectivity index (χ0) is 13.9. The molecule has 0 saturated heterocycles. The van der Waals surface area contributed by atoms with Gasteiger partial charge in [0.2, 0.25) is 0 Å². The van der Waals surface area contributed by atoms with Crippen LogP contribution in [0, 0.1) is 0 Å². The zero-order valence-corrected chi connectivity index (χ0v) is 11.4. The first-order valence-corrected chi connectivity index (χ1v) is 7.12. The molecular formula is C14H13N3O2S. The van der Waals surface area contributed by atoms with Crippen LogP contribution < -0.4 is 0 Å². The maximum Gasteiger partial charge on any atom is 0.328 e. The number of fused-ring (bicyclic) bond motifs is 1. The molecule has 2 aliphatic heterocycles. The van der Waals surface area contributed by atoms with Crippen LogP contribution in [0.1, 0.15) is 6.42 Å². The molecule has 0 saturated carbocycles. The maximum atomic E-state index is 11.2. The first-order valence-electron chi connectivity index (χ1n) is 6.24. The molecule has 2 heterocycles. The van der Waals surface area contributed by atoms with Gasteiger partial charge >= 0.3 is 5.97 Å². The van der Waals surface area contributed by atoms with E-state index in [9.17, 15) is 9.90 Å². The van der Waals surface area contributed by atoms with Crippen LogP contribution >= 0.6 is 11.8 Å². The third-order valence-corrected chi connectivity index (χ3v) is 4.33. The molecule has 2 atom stereocenters. The lowest BCUT2D eigenvalue weighted by atomic mass is 10.1. The number of aliphatic imine (C=N–C) groups is 2. The molecule has 6 heteroatoms. The summed E-state index contributed by atoms with van der Waals surface area (Å²) in [6, 6.07) is 9.25. The summed E-state index contributed by atoms with van der Waals surface area (Å²) in [5.74, 6) is -0.279. The normalized spacial score (nSPS) is 24.2. The van der Waals surface area contributed by atoms with Crippen molar-refractivity contribution in [2.45, 2.75) is 22.7 Å². The van der Waals surface area contributed by atoms with Gasteiger partial charge in [-0.1, -0.05) is 18.2 Å². The minimum absolute atomic E-state index is 0.00833. The van der Waals surface area contributed by atoms with Crippen molar-refractivity contribution in [1.29, 1.82) is 0 Å². The second-order valence-corrected chi connectivity index (χ2v) is 5.70. The molecule has 2 aliphatic rings. The molecule has 3 rings (SSSR count). The number of hydrogen-bond donors (Lipinski definition) is 1. The molecule has 5 nitrogen and oxygen atoms in total. The number of hydrogen-bond acceptors (Lipinski definition) is 5. The van der Waals surface area contributed by atoms with E-state index in [1.54, 1.807) is 24.2 Å². The largest absolute Gasteiger partial charge is 0.480 e. The first kappa shape index (κ1) is 12.9. The maximum absolute atomic E-state index is 11.2. The van der Waals surface area contributed by atoms with E-state index < -0.39 is 12.0 Å². The number of rotatable bonds is 3. The first-order chi connectivity index (χ1) is 9.74. The van der Waals surface area contributed by atoms with E-state index in [-0.39, 0.29) is 5.37 Å². The Hall–Kier alpha value is -2.08. The fourth-order valence-electron chi connectivity index (χ4n) is 2.14. The van der Waals surface area contributed by atoms with Crippen LogP contribution in [0.5, 0.6) is 0 Å². The van der Waals surface area contributed by atoms with Crippen molar-refractivity contribution in [2.24, 2.45) is 9.98 Å². The van der Waals surface area contributed by atoms with Crippen molar-refractivity contribution in [3.05, 3.63) is 42.7 Å². The van der Waals surface area contributed by atoms with Crippen LogP contribution in [0.2, 0.25) is 0 Å². The number of carboxylic acid groups (broad SMARTS) is 1. The van der Waals surface area contributed by atoms with Gasteiger partial charge in [-0.2, -0.15) is 0 Å². The molecule has 0 spiro atoms. The van der Waals surface area contributed by atoms with Gasteiger partial charge < -0.3 is 10.0 Å². The number of nitrogens with zero attached hydrogens (tertiary/aromatic N) is 3. The number of aliphatic carboxylic acids is 1. The van der Waals surface area contributed by atoms with Gasteiger partial charge in [0.25, 0.3) is 0 Å². The Bertz CT molecular complexity index is 598. The van der Waals surface area contributed by atoms with Gasteiger partial charge in [0.15, 0.2) is 6.04 Å². The Morgan fingerprint density at radius 3 is 2.90 bits per heavy atom. The molecule has 1 N–H and O–H groups in total. The predicted molar refractivity (Wildman–Crippen MR) is 79.0 cm³/mol. The summed E-state index contributed by atoms with van der Waals surface area (Å²) in [5.41, 5.74) is 0. The number of carboxylic acids is 1. The molecule has 0 fully saturated rings. The fourth-order valence-corrected chi connectivity index (χ4v) is 3.34. The van der Waals surface area contributed by atoms with E-state index in [0.717, 1.165) is 4.90 Å². The average molecular weight is 287 g/mol. The second kappa shape index (κ2) is 5.50. The zero-order valence-electron chi connectivity index (χ0n) is 10.6. The van der Waals surface area contributed by atoms with Gasteiger partial charge in [-0.3, -0.25) is 9.98 Å². The minimum atomic E-state index is -0.890. The number of thioether (sulfide) groups is 1. The summed E-state index contributed by atoms with van der Waals surface area (Å²) in [5, 5.41) is 9.22. The van der Waals surface area contributed by atoms with Crippen LogP contribution in [-0.2, 0) is 4.79 Å². The van der Waals surface area contributed by atoms with Crippen LogP contribution in [0.4, 0.5) is 0 Å². The van der Waals surface area contributed by atoms with Crippen LogP contribution in [0.25, 0.3) is 0 Å². The van der Waals surface area contributed by atoms with Crippen molar-refractivity contribution in [1.82, 2.24) is 4.90 Å². The number of amidine groups is 1. The Morgan fingerprint density at radius 2 is 2.15 bits per heavy atom. The highest BCUT2D eigenvalue weighted by molar-refractivity contribution is 8.00. The molecule has 0 aromatic heterocycles. The van der Waals surface area contributed by atoms with Crippen molar-refractivity contribution >= 4 is 29.8 Å². The van der Waals surface area contributed by atoms with Gasteiger partial charge in [0, 0.05) is 23.7 Å². The Labute approximate surface area is 120 Å². The Balaban J connectivity index is 1.86. The molecule has 0 radical (unpaired) electrons. The molecule has 0 aliphatic carbocycles. The van der Waals surface area contributed by atoms with E-state index in [1.807, 2.05) is 41.4 Å². The molecule has 0 bridgehead atoms. The highest BCUT2D eigenvalue weighted by Crippen LogP contribution is 2.32. The third-order valence-electron chi connectivity index (χ3n) is 3.09. The van der Waals surface area contributed by atoms with Crippen molar-refractivity contribution in [3.63, 3.8) is 0 Å². The number of carbonyl (C=O) groups is 1. The van der Waals surface area contributed by atoms with Crippen LogP contribution in [0.3, 0.4) is 0 Å². The Kier molecular flexibility index (Phi) is 3.56. The highest BCUT2D eigenvalue weighted by Gasteiger charge is 2.33. The van der Waals surface area contributed by atoms with E-state index in [1.165, 1.54) is 0 Å². The molecular weight excluding hydrogens is 274 g/mol. The Morgan fingerprint density at radius 1 is 1.35 bits per heavy atom. The van der Waals surface area contributed by atoms with Gasteiger partial charge in [0.05, 0.1) is 11.6 Å². The summed E-state index contributed by atoms with van der Waals surface area (Å²) >= 11 is 1.64. The molecule has 2 unspecified atom stereocenters. The van der Waals surface area contributed by atoms with Gasteiger partial charge in [0.1, 0.15) is 5.84 Å². The molecule has 1 aromatic rings. The highest BCUT2D eigenvalue weighted by atomic mass is 32.2. The lowest BCUT2D eigenvalue weighted by molar-refractivity contribution is -0.138. The van der Waals surface area contributed by atoms with E-state index >= 15 is 0 Å². The summed E-state index contributed by atoms with van der Waals surface area (Å²) in [6.45, 7) is 0. The molecule has 0 amide bonds. The van der Waals surface area contributed by atoms with Crippen molar-refractivity contribution in [3.8, 4) is 0 Å². The standard InChI is InChI=1S/C14H13N3O2S/c18-14(19)11-8-13(20-10-4-2-1-3-5-10)17-7-6-15-9-12(17)16-11/h1-7,9,11,13H,8H2,(H,18,19). The van der Waals surface area contributed by atoms with E-state index in [0.29, 0.717) is 12.3 Å². The second-order valence-electron chi connectivity index (χ2n) is 4.45. The smallest absolute Gasteiger partial charge is 0.328 e. The summed E-state index contributed by atoms with van der Waals surface area (Å²) in [4.78, 5) is 22.6. The predicted octanol–water partition coefficient (Wildman–Crippen LogP) is 2.22. The fraction of sp³-hybridized carbons (Fsp3) is 0.214. The van der Waals surface area contributed by atoms with E-state index in [4.69, 9.17) is 0 Å². The summed E-state index contributed by atoms with van der Waals surface area (Å²) < 4.78 is 0. The minimum Gasteiger partial charge on any atom is -0.480 e.